The average Bonchev–Trinajstić information content (AvgIpc) is 2.39. The molecule has 0 fully saturated rings. The molecular formula is C14H11N3O2S. The zero-order chi connectivity index (χ0) is 14.7. The van der Waals surface area contributed by atoms with E-state index in [4.69, 9.17) is 5.11 Å². The highest BCUT2D eigenvalue weighted by Gasteiger charge is 2.11. The molecule has 0 aliphatic carbocycles. The average molecular weight is 285 g/mol. The number of carbonyl (C=O) groups is 1. The van der Waals surface area contributed by atoms with E-state index in [9.17, 15) is 10.1 Å². The zero-order valence-electron chi connectivity index (χ0n) is 10.9. The van der Waals surface area contributed by atoms with E-state index in [1.165, 1.54) is 24.0 Å². The van der Waals surface area contributed by atoms with Gasteiger partial charge in [-0.05, 0) is 32.0 Å². The molecule has 0 bridgehead atoms. The molecule has 0 radical (unpaired) electrons. The fraction of sp³-hybridized carbons (Fsp3) is 0.143. The Morgan fingerprint density at radius 1 is 1.40 bits per heavy atom. The van der Waals surface area contributed by atoms with Crippen LogP contribution in [0, 0.1) is 25.2 Å². The fourth-order valence-corrected chi connectivity index (χ4v) is 2.68. The number of aryl methyl sites for hydroxylation is 2. The quantitative estimate of drug-likeness (QED) is 0.933. The van der Waals surface area contributed by atoms with Crippen molar-refractivity contribution < 1.29 is 9.90 Å². The van der Waals surface area contributed by atoms with Crippen molar-refractivity contribution in [1.29, 1.82) is 5.26 Å². The van der Waals surface area contributed by atoms with E-state index in [0.29, 0.717) is 16.3 Å². The molecule has 2 aromatic rings. The molecule has 0 aliphatic rings. The van der Waals surface area contributed by atoms with Crippen molar-refractivity contribution in [1.82, 2.24) is 9.97 Å². The first kappa shape index (κ1) is 14.0. The maximum absolute atomic E-state index is 10.8. The van der Waals surface area contributed by atoms with Crippen molar-refractivity contribution in [2.75, 3.05) is 0 Å². The number of aromatic carboxylic acids is 1. The van der Waals surface area contributed by atoms with Gasteiger partial charge in [-0.1, -0.05) is 11.8 Å². The lowest BCUT2D eigenvalue weighted by molar-refractivity contribution is 0.0696. The largest absolute Gasteiger partial charge is 0.478 e. The highest BCUT2D eigenvalue weighted by atomic mass is 32.2. The lowest BCUT2D eigenvalue weighted by Crippen LogP contribution is -1.97. The van der Waals surface area contributed by atoms with Gasteiger partial charge in [-0.25, -0.2) is 9.78 Å². The summed E-state index contributed by atoms with van der Waals surface area (Å²) in [5.74, 6) is -1.01. The fourth-order valence-electron chi connectivity index (χ4n) is 1.69. The van der Waals surface area contributed by atoms with Crippen LogP contribution in [0.5, 0.6) is 0 Å². The SMILES string of the molecule is Cc1cc(Sc2ccc(C(=O)O)cn2)c(C#N)c(C)n1. The number of carboxylic acid groups (broad SMARTS) is 1. The molecular weight excluding hydrogens is 274 g/mol. The number of hydrogen-bond acceptors (Lipinski definition) is 5. The summed E-state index contributed by atoms with van der Waals surface area (Å²) in [7, 11) is 0. The molecule has 1 N–H and O–H groups in total. The van der Waals surface area contributed by atoms with E-state index in [2.05, 4.69) is 16.0 Å². The molecule has 0 unspecified atom stereocenters. The smallest absolute Gasteiger partial charge is 0.337 e. The van der Waals surface area contributed by atoms with E-state index in [-0.39, 0.29) is 5.56 Å². The number of nitriles is 1. The van der Waals surface area contributed by atoms with Gasteiger partial charge in [-0.15, -0.1) is 0 Å². The summed E-state index contributed by atoms with van der Waals surface area (Å²) in [6, 6.07) is 7.07. The number of nitrogens with zero attached hydrogens (tertiary/aromatic N) is 3. The molecule has 0 saturated carbocycles. The molecule has 100 valence electrons. The van der Waals surface area contributed by atoms with Crippen LogP contribution in [0.25, 0.3) is 0 Å². The summed E-state index contributed by atoms with van der Waals surface area (Å²) >= 11 is 1.32. The molecule has 5 nitrogen and oxygen atoms in total. The van der Waals surface area contributed by atoms with Crippen molar-refractivity contribution in [3.8, 4) is 6.07 Å². The first-order valence-electron chi connectivity index (χ1n) is 5.77. The van der Waals surface area contributed by atoms with Crippen LogP contribution >= 0.6 is 11.8 Å². The Hall–Kier alpha value is -2.39. The molecule has 20 heavy (non-hydrogen) atoms. The standard InChI is InChI=1S/C14H11N3O2S/c1-8-5-12(11(6-15)9(2)17-8)20-13-4-3-10(7-16-13)14(18)19/h3-5,7H,1-2H3,(H,18,19). The summed E-state index contributed by atoms with van der Waals surface area (Å²) < 4.78 is 0. The highest BCUT2D eigenvalue weighted by Crippen LogP contribution is 2.30. The highest BCUT2D eigenvalue weighted by molar-refractivity contribution is 7.99. The van der Waals surface area contributed by atoms with Gasteiger partial charge in [0.1, 0.15) is 11.1 Å². The topological polar surface area (TPSA) is 86.9 Å². The number of hydrogen-bond donors (Lipinski definition) is 1. The lowest BCUT2D eigenvalue weighted by atomic mass is 10.2. The lowest BCUT2D eigenvalue weighted by Gasteiger charge is -2.07. The molecule has 0 aliphatic heterocycles. The molecule has 2 rings (SSSR count). The minimum Gasteiger partial charge on any atom is -0.478 e. The van der Waals surface area contributed by atoms with Gasteiger partial charge in [0.25, 0.3) is 0 Å². The van der Waals surface area contributed by atoms with E-state index < -0.39 is 5.97 Å². The number of rotatable bonds is 3. The molecule has 0 saturated heterocycles. The Morgan fingerprint density at radius 2 is 2.15 bits per heavy atom. The number of aromatic nitrogens is 2. The van der Waals surface area contributed by atoms with Crippen LogP contribution < -0.4 is 0 Å². The molecule has 0 aromatic carbocycles. The van der Waals surface area contributed by atoms with Gasteiger partial charge in [0, 0.05) is 16.8 Å². The van der Waals surface area contributed by atoms with Crippen molar-refractivity contribution >= 4 is 17.7 Å². The minimum absolute atomic E-state index is 0.136. The molecule has 0 atom stereocenters. The predicted octanol–water partition coefficient (Wildman–Crippen LogP) is 2.81. The van der Waals surface area contributed by atoms with Crippen LogP contribution in [-0.4, -0.2) is 21.0 Å². The zero-order valence-corrected chi connectivity index (χ0v) is 11.7. The van der Waals surface area contributed by atoms with E-state index in [0.717, 1.165) is 10.6 Å². The second-order valence-corrected chi connectivity index (χ2v) is 5.19. The summed E-state index contributed by atoms with van der Waals surface area (Å²) in [5.41, 5.74) is 2.16. The van der Waals surface area contributed by atoms with Gasteiger partial charge in [0.2, 0.25) is 0 Å². The summed E-state index contributed by atoms with van der Waals surface area (Å²) in [6.07, 6.45) is 1.30. The van der Waals surface area contributed by atoms with Gasteiger partial charge in [-0.2, -0.15) is 5.26 Å². The molecule has 2 aromatic heterocycles. The maximum atomic E-state index is 10.8. The number of carboxylic acids is 1. The van der Waals surface area contributed by atoms with Gasteiger partial charge in [0.05, 0.1) is 16.8 Å². The van der Waals surface area contributed by atoms with E-state index in [1.807, 2.05) is 13.0 Å². The molecule has 6 heteroatoms. The Labute approximate surface area is 120 Å². The van der Waals surface area contributed by atoms with Crippen molar-refractivity contribution in [2.45, 2.75) is 23.8 Å². The first-order valence-corrected chi connectivity index (χ1v) is 6.58. The Bertz CT molecular complexity index is 706. The summed E-state index contributed by atoms with van der Waals surface area (Å²) in [6.45, 7) is 3.65. The minimum atomic E-state index is -1.01. The predicted molar refractivity (Wildman–Crippen MR) is 73.7 cm³/mol. The normalized spacial score (nSPS) is 10.1. The molecule has 2 heterocycles. The second-order valence-electron chi connectivity index (χ2n) is 4.13. The van der Waals surface area contributed by atoms with Crippen LogP contribution in [0.15, 0.2) is 34.3 Å². The number of pyridine rings is 2. The van der Waals surface area contributed by atoms with Crippen molar-refractivity contribution in [3.05, 3.63) is 46.9 Å². The second kappa shape index (κ2) is 5.72. The Balaban J connectivity index is 2.35. The monoisotopic (exact) mass is 285 g/mol. The van der Waals surface area contributed by atoms with E-state index in [1.54, 1.807) is 13.0 Å². The first-order chi connectivity index (χ1) is 9.51. The third-order valence-electron chi connectivity index (χ3n) is 2.60. The van der Waals surface area contributed by atoms with Crippen LogP contribution in [0.2, 0.25) is 0 Å². The molecule has 0 spiro atoms. The van der Waals surface area contributed by atoms with Crippen molar-refractivity contribution in [3.63, 3.8) is 0 Å². The van der Waals surface area contributed by atoms with Gasteiger partial charge < -0.3 is 5.11 Å². The summed E-state index contributed by atoms with van der Waals surface area (Å²) in [5, 5.41) is 18.6. The maximum Gasteiger partial charge on any atom is 0.337 e. The van der Waals surface area contributed by atoms with Crippen LogP contribution in [0.4, 0.5) is 0 Å². The Kier molecular flexibility index (Phi) is 4.01. The third kappa shape index (κ3) is 2.95. The Morgan fingerprint density at radius 3 is 2.70 bits per heavy atom. The third-order valence-corrected chi connectivity index (χ3v) is 3.59. The van der Waals surface area contributed by atoms with E-state index >= 15 is 0 Å². The van der Waals surface area contributed by atoms with Gasteiger partial charge in [0.15, 0.2) is 0 Å². The summed E-state index contributed by atoms with van der Waals surface area (Å²) in [4.78, 5) is 19.9. The van der Waals surface area contributed by atoms with Crippen LogP contribution in [0.3, 0.4) is 0 Å². The van der Waals surface area contributed by atoms with Crippen LogP contribution in [-0.2, 0) is 0 Å². The van der Waals surface area contributed by atoms with Crippen LogP contribution in [0.1, 0.15) is 27.3 Å². The van der Waals surface area contributed by atoms with Gasteiger partial charge in [-0.3, -0.25) is 4.98 Å². The van der Waals surface area contributed by atoms with Gasteiger partial charge >= 0.3 is 5.97 Å². The van der Waals surface area contributed by atoms with Crippen molar-refractivity contribution in [2.24, 2.45) is 0 Å². The molecule has 0 amide bonds.